The fraction of sp³-hybridized carbons (Fsp3) is 0.263. The Hall–Kier alpha value is -2.44. The van der Waals surface area contributed by atoms with Gasteiger partial charge in [-0.2, -0.15) is 0 Å². The molecule has 1 amide bonds. The summed E-state index contributed by atoms with van der Waals surface area (Å²) in [5.41, 5.74) is 1.76. The molecule has 0 saturated carbocycles. The zero-order valence-corrected chi connectivity index (χ0v) is 15.3. The molecule has 130 valence electrons. The van der Waals surface area contributed by atoms with Crippen LogP contribution in [0.5, 0.6) is 5.75 Å². The van der Waals surface area contributed by atoms with Crippen molar-refractivity contribution in [3.05, 3.63) is 53.5 Å². The van der Waals surface area contributed by atoms with Gasteiger partial charge in [0.2, 0.25) is 5.91 Å². The number of methoxy groups -OCH3 is 1. The van der Waals surface area contributed by atoms with E-state index in [2.05, 4.69) is 23.3 Å². The number of hydrogen-bond donors (Lipinski definition) is 1. The number of aromatic nitrogens is 1. The number of rotatable bonds is 6. The summed E-state index contributed by atoms with van der Waals surface area (Å²) >= 11 is 1.67. The Labute approximate surface area is 151 Å². The topological polar surface area (TPSA) is 54.5 Å². The predicted octanol–water partition coefficient (Wildman–Crippen LogP) is 3.94. The van der Waals surface area contributed by atoms with Gasteiger partial charge in [0.25, 0.3) is 0 Å². The summed E-state index contributed by atoms with van der Waals surface area (Å²) in [4.78, 5) is 19.0. The molecule has 0 fully saturated rings. The van der Waals surface area contributed by atoms with Gasteiger partial charge in [-0.25, -0.2) is 4.98 Å². The smallest absolute Gasteiger partial charge is 0.238 e. The van der Waals surface area contributed by atoms with E-state index in [1.807, 2.05) is 54.4 Å². The van der Waals surface area contributed by atoms with Crippen molar-refractivity contribution in [3.63, 3.8) is 0 Å². The van der Waals surface area contributed by atoms with Gasteiger partial charge in [-0.05, 0) is 50.4 Å². The quantitative estimate of drug-likeness (QED) is 0.728. The van der Waals surface area contributed by atoms with Crippen LogP contribution in [-0.4, -0.2) is 36.5 Å². The van der Waals surface area contributed by atoms with E-state index < -0.39 is 0 Å². The Morgan fingerprint density at radius 1 is 1.24 bits per heavy atom. The first-order chi connectivity index (χ1) is 12.1. The third-order valence-electron chi connectivity index (χ3n) is 4.10. The number of likely N-dealkylation sites (N-methyl/N-ethyl adjacent to an activating group) is 1. The van der Waals surface area contributed by atoms with E-state index in [4.69, 9.17) is 4.74 Å². The molecule has 1 unspecified atom stereocenters. The first kappa shape index (κ1) is 17.4. The number of para-hydroxylation sites is 1. The van der Waals surface area contributed by atoms with E-state index in [1.165, 1.54) is 4.70 Å². The molecule has 0 aliphatic heterocycles. The molecule has 0 aliphatic carbocycles. The van der Waals surface area contributed by atoms with E-state index in [0.29, 0.717) is 6.54 Å². The van der Waals surface area contributed by atoms with E-state index in [0.717, 1.165) is 22.0 Å². The van der Waals surface area contributed by atoms with E-state index in [9.17, 15) is 4.79 Å². The highest BCUT2D eigenvalue weighted by molar-refractivity contribution is 7.18. The molecule has 0 radical (unpaired) electrons. The predicted molar refractivity (Wildman–Crippen MR) is 102 cm³/mol. The van der Waals surface area contributed by atoms with Gasteiger partial charge in [-0.15, -0.1) is 11.3 Å². The minimum atomic E-state index is -0.0550. The zero-order chi connectivity index (χ0) is 17.8. The number of anilines is 1. The van der Waals surface area contributed by atoms with Crippen molar-refractivity contribution in [2.45, 2.75) is 13.0 Å². The van der Waals surface area contributed by atoms with Gasteiger partial charge < -0.3 is 10.1 Å². The van der Waals surface area contributed by atoms with Crippen molar-refractivity contribution in [3.8, 4) is 5.75 Å². The zero-order valence-electron chi connectivity index (χ0n) is 14.5. The third-order valence-corrected chi connectivity index (χ3v) is 5.30. The average Bonchev–Trinajstić information content (AvgIpc) is 3.05. The second kappa shape index (κ2) is 7.63. The summed E-state index contributed by atoms with van der Waals surface area (Å²) in [7, 11) is 3.55. The van der Waals surface area contributed by atoms with Crippen LogP contribution in [0.4, 0.5) is 5.69 Å². The van der Waals surface area contributed by atoms with E-state index >= 15 is 0 Å². The molecule has 2 aromatic carbocycles. The molecular weight excluding hydrogens is 334 g/mol. The highest BCUT2D eigenvalue weighted by atomic mass is 32.1. The summed E-state index contributed by atoms with van der Waals surface area (Å²) in [6.45, 7) is 2.36. The molecule has 1 atom stereocenters. The monoisotopic (exact) mass is 355 g/mol. The van der Waals surface area contributed by atoms with E-state index in [1.54, 1.807) is 18.4 Å². The lowest BCUT2D eigenvalue weighted by molar-refractivity contribution is -0.117. The lowest BCUT2D eigenvalue weighted by atomic mass is 10.3. The number of amides is 1. The van der Waals surface area contributed by atoms with E-state index in [-0.39, 0.29) is 11.9 Å². The molecule has 1 heterocycles. The van der Waals surface area contributed by atoms with Crippen LogP contribution in [0.2, 0.25) is 0 Å². The molecule has 0 bridgehead atoms. The van der Waals surface area contributed by atoms with Crippen LogP contribution in [0.15, 0.2) is 48.5 Å². The average molecular weight is 355 g/mol. The largest absolute Gasteiger partial charge is 0.497 e. The van der Waals surface area contributed by atoms with Gasteiger partial charge in [0.05, 0.1) is 29.9 Å². The maximum Gasteiger partial charge on any atom is 0.238 e. The molecule has 1 aromatic heterocycles. The van der Waals surface area contributed by atoms with Crippen LogP contribution in [0.25, 0.3) is 10.2 Å². The fourth-order valence-corrected chi connectivity index (χ4v) is 3.58. The normalized spacial score (nSPS) is 12.3. The number of thiazole rings is 1. The van der Waals surface area contributed by atoms with Crippen molar-refractivity contribution in [1.82, 2.24) is 9.88 Å². The van der Waals surface area contributed by atoms with Crippen molar-refractivity contribution in [2.75, 3.05) is 26.0 Å². The summed E-state index contributed by atoms with van der Waals surface area (Å²) in [5, 5.41) is 3.92. The number of nitrogens with zero attached hydrogens (tertiary/aromatic N) is 2. The number of nitrogens with one attached hydrogen (secondary N) is 1. The number of hydrogen-bond acceptors (Lipinski definition) is 5. The summed E-state index contributed by atoms with van der Waals surface area (Å²) in [6, 6.07) is 15.5. The second-order valence-corrected chi connectivity index (χ2v) is 6.95. The SMILES string of the molecule is COc1ccc(NC(=O)CN(C)C(C)c2nc3ccccc3s2)cc1. The minimum absolute atomic E-state index is 0.0550. The van der Waals surface area contributed by atoms with Crippen LogP contribution in [-0.2, 0) is 4.79 Å². The summed E-state index contributed by atoms with van der Waals surface area (Å²) in [5.74, 6) is 0.709. The molecular formula is C19H21N3O2S. The summed E-state index contributed by atoms with van der Waals surface area (Å²) < 4.78 is 6.28. The maximum absolute atomic E-state index is 12.3. The Balaban J connectivity index is 1.61. The molecule has 6 heteroatoms. The van der Waals surface area contributed by atoms with Crippen LogP contribution in [0.1, 0.15) is 18.0 Å². The van der Waals surface area contributed by atoms with Gasteiger partial charge in [0.1, 0.15) is 10.8 Å². The Morgan fingerprint density at radius 3 is 2.64 bits per heavy atom. The molecule has 3 rings (SSSR count). The fourth-order valence-electron chi connectivity index (χ4n) is 2.50. The van der Waals surface area contributed by atoms with Crippen LogP contribution >= 0.6 is 11.3 Å². The lowest BCUT2D eigenvalue weighted by Crippen LogP contribution is -2.32. The Morgan fingerprint density at radius 2 is 1.96 bits per heavy atom. The molecule has 0 saturated heterocycles. The number of carbonyl (C=O) groups excluding carboxylic acids is 1. The molecule has 25 heavy (non-hydrogen) atoms. The first-order valence-corrected chi connectivity index (χ1v) is 8.88. The van der Waals surface area contributed by atoms with Gasteiger partial charge in [-0.3, -0.25) is 9.69 Å². The number of carbonyl (C=O) groups is 1. The molecule has 0 spiro atoms. The molecule has 0 aliphatic rings. The second-order valence-electron chi connectivity index (χ2n) is 5.89. The van der Waals surface area contributed by atoms with Crippen molar-refractivity contribution in [2.24, 2.45) is 0 Å². The standard InChI is InChI=1S/C19H21N3O2S/c1-13(19-21-16-6-4-5-7-17(16)25-19)22(2)12-18(23)20-14-8-10-15(24-3)11-9-14/h4-11,13H,12H2,1-3H3,(H,20,23). The highest BCUT2D eigenvalue weighted by Crippen LogP contribution is 2.28. The van der Waals surface area contributed by atoms with Crippen molar-refractivity contribution in [1.29, 1.82) is 0 Å². The molecule has 5 nitrogen and oxygen atoms in total. The summed E-state index contributed by atoms with van der Waals surface area (Å²) in [6.07, 6.45) is 0. The maximum atomic E-state index is 12.3. The number of ether oxygens (including phenoxy) is 1. The third kappa shape index (κ3) is 4.15. The molecule has 3 aromatic rings. The van der Waals surface area contributed by atoms with Crippen LogP contribution in [0, 0.1) is 0 Å². The number of fused-ring (bicyclic) bond motifs is 1. The van der Waals surface area contributed by atoms with Gasteiger partial charge >= 0.3 is 0 Å². The molecule has 1 N–H and O–H groups in total. The van der Waals surface area contributed by atoms with Crippen LogP contribution in [0.3, 0.4) is 0 Å². The van der Waals surface area contributed by atoms with Crippen molar-refractivity contribution < 1.29 is 9.53 Å². The van der Waals surface area contributed by atoms with Gasteiger partial charge in [-0.1, -0.05) is 12.1 Å². The number of benzene rings is 2. The first-order valence-electron chi connectivity index (χ1n) is 8.06. The van der Waals surface area contributed by atoms with Gasteiger partial charge in [0.15, 0.2) is 0 Å². The Bertz CT molecular complexity index is 827. The highest BCUT2D eigenvalue weighted by Gasteiger charge is 2.18. The van der Waals surface area contributed by atoms with Gasteiger partial charge in [0, 0.05) is 5.69 Å². The Kier molecular flexibility index (Phi) is 5.31. The lowest BCUT2D eigenvalue weighted by Gasteiger charge is -2.22. The van der Waals surface area contributed by atoms with Crippen molar-refractivity contribution >= 4 is 33.1 Å². The van der Waals surface area contributed by atoms with Crippen LogP contribution < -0.4 is 10.1 Å². The minimum Gasteiger partial charge on any atom is -0.497 e.